The lowest BCUT2D eigenvalue weighted by Gasteiger charge is -2.31. The van der Waals surface area contributed by atoms with Gasteiger partial charge in [0, 0.05) is 19.5 Å². The van der Waals surface area contributed by atoms with Crippen LogP contribution in [0.4, 0.5) is 0 Å². The topological polar surface area (TPSA) is 93.9 Å². The molecular formula is C18H25N3O4. The number of amides is 2. The highest BCUT2D eigenvalue weighted by Crippen LogP contribution is 2.30. The summed E-state index contributed by atoms with van der Waals surface area (Å²) in [5.41, 5.74) is 6.22. The zero-order valence-electron chi connectivity index (χ0n) is 14.3. The van der Waals surface area contributed by atoms with Gasteiger partial charge < -0.3 is 20.5 Å². The normalized spacial score (nSPS) is 20.6. The number of nitrogens with one attached hydrogen (secondary N) is 1. The van der Waals surface area contributed by atoms with Gasteiger partial charge in [-0.2, -0.15) is 0 Å². The number of nitrogens with two attached hydrogens (primary N) is 1. The summed E-state index contributed by atoms with van der Waals surface area (Å²) in [6.07, 6.45) is 2.60. The molecule has 0 radical (unpaired) electrons. The minimum atomic E-state index is -0.353. The number of hydrogen-bond acceptors (Lipinski definition) is 5. The molecule has 0 aromatic heterocycles. The van der Waals surface area contributed by atoms with Crippen molar-refractivity contribution in [2.75, 3.05) is 32.8 Å². The van der Waals surface area contributed by atoms with E-state index in [4.69, 9.17) is 15.2 Å². The molecule has 0 bridgehead atoms. The zero-order valence-corrected chi connectivity index (χ0v) is 14.3. The summed E-state index contributed by atoms with van der Waals surface area (Å²) in [7, 11) is 0. The Labute approximate surface area is 147 Å². The van der Waals surface area contributed by atoms with E-state index in [0.29, 0.717) is 26.3 Å². The maximum Gasteiger partial charge on any atom is 0.231 e. The predicted octanol–water partition coefficient (Wildman–Crippen LogP) is 0.661. The van der Waals surface area contributed by atoms with Crippen molar-refractivity contribution < 1.29 is 19.1 Å². The fourth-order valence-electron chi connectivity index (χ4n) is 3.28. The number of piperidine rings is 1. The standard InChI is InChI=1S/C18H25N3O4/c19-17(22)12-21-6-1-3-14(11-21)18(23)20-10-13-4-5-15-16(9-13)25-8-2-7-24-15/h4-5,9,14H,1-3,6-8,10-12H2,(H2,19,22)(H,20,23)/t14-/m1/s1. The smallest absolute Gasteiger partial charge is 0.231 e. The molecule has 1 atom stereocenters. The Morgan fingerprint density at radius 1 is 1.20 bits per heavy atom. The number of hydrogen-bond donors (Lipinski definition) is 2. The zero-order chi connectivity index (χ0) is 17.6. The molecule has 136 valence electrons. The van der Waals surface area contributed by atoms with Crippen molar-refractivity contribution in [1.82, 2.24) is 10.2 Å². The molecule has 3 N–H and O–H groups in total. The maximum atomic E-state index is 12.4. The van der Waals surface area contributed by atoms with Crippen LogP contribution in [0.1, 0.15) is 24.8 Å². The van der Waals surface area contributed by atoms with E-state index >= 15 is 0 Å². The van der Waals surface area contributed by atoms with Crippen LogP contribution in [0.25, 0.3) is 0 Å². The van der Waals surface area contributed by atoms with Crippen LogP contribution in [0.15, 0.2) is 18.2 Å². The van der Waals surface area contributed by atoms with Gasteiger partial charge in [0.15, 0.2) is 11.5 Å². The minimum Gasteiger partial charge on any atom is -0.490 e. The Balaban J connectivity index is 1.53. The van der Waals surface area contributed by atoms with E-state index in [2.05, 4.69) is 5.32 Å². The summed E-state index contributed by atoms with van der Waals surface area (Å²) in [4.78, 5) is 25.4. The van der Waals surface area contributed by atoms with Crippen LogP contribution in [0.5, 0.6) is 11.5 Å². The summed E-state index contributed by atoms with van der Waals surface area (Å²) in [6, 6.07) is 5.74. The van der Waals surface area contributed by atoms with Gasteiger partial charge in [-0.1, -0.05) is 6.07 Å². The molecule has 2 aliphatic heterocycles. The van der Waals surface area contributed by atoms with E-state index in [1.165, 1.54) is 0 Å². The molecule has 1 aromatic carbocycles. The van der Waals surface area contributed by atoms with Gasteiger partial charge in [0.05, 0.1) is 25.7 Å². The SMILES string of the molecule is NC(=O)CN1CCC[C@@H](C(=O)NCc2ccc3c(c2)OCCCO3)C1. The van der Waals surface area contributed by atoms with E-state index in [1.807, 2.05) is 23.1 Å². The third kappa shape index (κ3) is 4.85. The van der Waals surface area contributed by atoms with E-state index in [9.17, 15) is 9.59 Å². The van der Waals surface area contributed by atoms with E-state index in [0.717, 1.165) is 42.9 Å². The monoisotopic (exact) mass is 347 g/mol. The van der Waals surface area contributed by atoms with Crippen molar-refractivity contribution in [3.05, 3.63) is 23.8 Å². The van der Waals surface area contributed by atoms with Crippen LogP contribution >= 0.6 is 0 Å². The molecule has 0 aliphatic carbocycles. The number of nitrogens with zero attached hydrogens (tertiary/aromatic N) is 1. The van der Waals surface area contributed by atoms with Gasteiger partial charge in [-0.3, -0.25) is 14.5 Å². The van der Waals surface area contributed by atoms with Crippen molar-refractivity contribution >= 4 is 11.8 Å². The third-order valence-electron chi connectivity index (χ3n) is 4.53. The average molecular weight is 347 g/mol. The molecule has 2 amide bonds. The molecule has 2 heterocycles. The molecule has 1 fully saturated rings. The largest absolute Gasteiger partial charge is 0.490 e. The number of fused-ring (bicyclic) bond motifs is 1. The van der Waals surface area contributed by atoms with Crippen molar-refractivity contribution in [2.45, 2.75) is 25.8 Å². The van der Waals surface area contributed by atoms with Gasteiger partial charge >= 0.3 is 0 Å². The van der Waals surface area contributed by atoms with Crippen LogP contribution < -0.4 is 20.5 Å². The quantitative estimate of drug-likeness (QED) is 0.816. The number of rotatable bonds is 5. The Kier molecular flexibility index (Phi) is 5.75. The fraction of sp³-hybridized carbons (Fsp3) is 0.556. The summed E-state index contributed by atoms with van der Waals surface area (Å²) < 4.78 is 11.3. The lowest BCUT2D eigenvalue weighted by molar-refractivity contribution is -0.128. The number of benzene rings is 1. The Morgan fingerprint density at radius 2 is 2.00 bits per heavy atom. The predicted molar refractivity (Wildman–Crippen MR) is 92.3 cm³/mol. The Bertz CT molecular complexity index is 635. The second-order valence-corrected chi connectivity index (χ2v) is 6.59. The van der Waals surface area contributed by atoms with Gasteiger partial charge in [0.25, 0.3) is 0 Å². The highest BCUT2D eigenvalue weighted by molar-refractivity contribution is 5.79. The molecule has 0 unspecified atom stereocenters. The third-order valence-corrected chi connectivity index (χ3v) is 4.53. The van der Waals surface area contributed by atoms with Gasteiger partial charge in [-0.15, -0.1) is 0 Å². The highest BCUT2D eigenvalue weighted by Gasteiger charge is 2.26. The number of likely N-dealkylation sites (tertiary alicyclic amines) is 1. The first-order valence-corrected chi connectivity index (χ1v) is 8.79. The van der Waals surface area contributed by atoms with Crippen molar-refractivity contribution in [2.24, 2.45) is 11.7 Å². The molecule has 7 heteroatoms. The van der Waals surface area contributed by atoms with Crippen LogP contribution in [-0.2, 0) is 16.1 Å². The number of primary amides is 1. The summed E-state index contributed by atoms with van der Waals surface area (Å²) in [5.74, 6) is 1.04. The van der Waals surface area contributed by atoms with Crippen LogP contribution in [-0.4, -0.2) is 49.6 Å². The molecule has 0 saturated carbocycles. The summed E-state index contributed by atoms with van der Waals surface area (Å²) in [6.45, 7) is 3.35. The van der Waals surface area contributed by atoms with Crippen molar-refractivity contribution in [1.29, 1.82) is 0 Å². The van der Waals surface area contributed by atoms with Crippen molar-refractivity contribution in [3.63, 3.8) is 0 Å². The number of ether oxygens (including phenoxy) is 2. The molecule has 1 saturated heterocycles. The number of carbonyl (C=O) groups is 2. The second kappa shape index (κ2) is 8.20. The van der Waals surface area contributed by atoms with E-state index in [1.54, 1.807) is 0 Å². The fourth-order valence-corrected chi connectivity index (χ4v) is 3.28. The molecule has 25 heavy (non-hydrogen) atoms. The van der Waals surface area contributed by atoms with E-state index in [-0.39, 0.29) is 24.3 Å². The Hall–Kier alpha value is -2.28. The van der Waals surface area contributed by atoms with E-state index < -0.39 is 0 Å². The second-order valence-electron chi connectivity index (χ2n) is 6.59. The maximum absolute atomic E-state index is 12.4. The molecule has 2 aliphatic rings. The van der Waals surface area contributed by atoms with Gasteiger partial charge in [-0.25, -0.2) is 0 Å². The summed E-state index contributed by atoms with van der Waals surface area (Å²) in [5, 5.41) is 2.99. The minimum absolute atomic E-state index is 0.0151. The first-order chi connectivity index (χ1) is 12.1. The van der Waals surface area contributed by atoms with Crippen LogP contribution in [0, 0.1) is 5.92 Å². The van der Waals surface area contributed by atoms with Gasteiger partial charge in [0.1, 0.15) is 0 Å². The van der Waals surface area contributed by atoms with Crippen LogP contribution in [0.2, 0.25) is 0 Å². The van der Waals surface area contributed by atoms with Gasteiger partial charge in [0.2, 0.25) is 11.8 Å². The first kappa shape index (κ1) is 17.5. The average Bonchev–Trinajstić information content (AvgIpc) is 2.84. The lowest BCUT2D eigenvalue weighted by atomic mass is 9.97. The molecule has 1 aromatic rings. The highest BCUT2D eigenvalue weighted by atomic mass is 16.5. The summed E-state index contributed by atoms with van der Waals surface area (Å²) >= 11 is 0. The molecule has 3 rings (SSSR count). The molecule has 7 nitrogen and oxygen atoms in total. The lowest BCUT2D eigenvalue weighted by Crippen LogP contribution is -2.45. The first-order valence-electron chi connectivity index (χ1n) is 8.79. The van der Waals surface area contributed by atoms with Crippen LogP contribution in [0.3, 0.4) is 0 Å². The molecular weight excluding hydrogens is 322 g/mol. The molecule has 0 spiro atoms. The van der Waals surface area contributed by atoms with Gasteiger partial charge in [-0.05, 0) is 37.1 Å². The van der Waals surface area contributed by atoms with Crippen molar-refractivity contribution in [3.8, 4) is 11.5 Å². The number of carbonyl (C=O) groups excluding carboxylic acids is 2. The Morgan fingerprint density at radius 3 is 2.80 bits per heavy atom.